The second-order valence-electron chi connectivity index (χ2n) is 5.14. The zero-order valence-corrected chi connectivity index (χ0v) is 11.2. The molecule has 3 aromatic rings. The first-order chi connectivity index (χ1) is 10.2. The Labute approximate surface area is 119 Å². The summed E-state index contributed by atoms with van der Waals surface area (Å²) in [6.07, 6.45) is 2.43. The number of rotatable bonds is 1. The van der Waals surface area contributed by atoms with E-state index in [1.54, 1.807) is 18.3 Å². The maximum atomic E-state index is 13.3. The molecule has 1 aliphatic rings. The number of aromatic nitrogens is 3. The van der Waals surface area contributed by atoms with Crippen LogP contribution in [0.15, 0.2) is 35.3 Å². The lowest BCUT2D eigenvalue weighted by molar-refractivity contribution is 0.624. The average Bonchev–Trinajstić information content (AvgIpc) is 2.93. The van der Waals surface area contributed by atoms with Gasteiger partial charge in [0.2, 0.25) is 0 Å². The molecule has 2 aromatic heterocycles. The van der Waals surface area contributed by atoms with Crippen molar-refractivity contribution in [3.63, 3.8) is 0 Å². The van der Waals surface area contributed by atoms with Crippen LogP contribution < -0.4 is 11.0 Å². The highest BCUT2D eigenvalue weighted by atomic mass is 19.1. The molecule has 0 unspecified atom stereocenters. The van der Waals surface area contributed by atoms with Crippen molar-refractivity contribution in [3.05, 3.63) is 58.0 Å². The van der Waals surface area contributed by atoms with Crippen LogP contribution in [-0.2, 0) is 13.0 Å². The van der Waals surface area contributed by atoms with Crippen molar-refractivity contribution in [1.29, 1.82) is 0 Å². The summed E-state index contributed by atoms with van der Waals surface area (Å²) in [6, 6.07) is 6.22. The van der Waals surface area contributed by atoms with E-state index in [4.69, 9.17) is 0 Å². The standard InChI is InChI=1S/C15H13FN4O/c16-10-3-1-2-9(6-10)13-8-20-14(18-13)11-7-17-5-4-12(11)19-15(20)21/h1-3,6,8,17H,4-5,7H2,(H,19,21). The first-order valence-corrected chi connectivity index (χ1v) is 6.82. The predicted octanol–water partition coefficient (Wildman–Crippen LogP) is 1.47. The van der Waals surface area contributed by atoms with E-state index in [0.29, 0.717) is 23.4 Å². The van der Waals surface area contributed by atoms with Gasteiger partial charge in [0.25, 0.3) is 0 Å². The second-order valence-corrected chi connectivity index (χ2v) is 5.14. The van der Waals surface area contributed by atoms with Crippen LogP contribution in [0.2, 0.25) is 0 Å². The fourth-order valence-corrected chi connectivity index (χ4v) is 2.76. The molecule has 3 heterocycles. The van der Waals surface area contributed by atoms with Crippen molar-refractivity contribution in [2.75, 3.05) is 6.54 Å². The van der Waals surface area contributed by atoms with E-state index in [1.807, 2.05) is 0 Å². The zero-order chi connectivity index (χ0) is 14.4. The largest absolute Gasteiger partial charge is 0.331 e. The number of fused-ring (bicyclic) bond motifs is 3. The van der Waals surface area contributed by atoms with Crippen LogP contribution in [0.5, 0.6) is 0 Å². The highest BCUT2D eigenvalue weighted by molar-refractivity contribution is 5.64. The SMILES string of the molecule is O=c1[nH]c2c(c3nc(-c4cccc(F)c4)cn13)CNCC2. The van der Waals surface area contributed by atoms with Crippen molar-refractivity contribution in [3.8, 4) is 11.3 Å². The average molecular weight is 284 g/mol. The van der Waals surface area contributed by atoms with Gasteiger partial charge in [-0.2, -0.15) is 0 Å². The summed E-state index contributed by atoms with van der Waals surface area (Å²) in [5.41, 5.74) is 3.63. The molecule has 5 nitrogen and oxygen atoms in total. The summed E-state index contributed by atoms with van der Waals surface area (Å²) in [4.78, 5) is 19.6. The summed E-state index contributed by atoms with van der Waals surface area (Å²) in [7, 11) is 0. The lowest BCUT2D eigenvalue weighted by atomic mass is 10.1. The zero-order valence-electron chi connectivity index (χ0n) is 11.2. The molecule has 0 spiro atoms. The molecular formula is C15H13FN4O. The van der Waals surface area contributed by atoms with Crippen LogP contribution in [0.25, 0.3) is 16.9 Å². The molecule has 2 N–H and O–H groups in total. The van der Waals surface area contributed by atoms with Crippen molar-refractivity contribution >= 4 is 5.65 Å². The lowest BCUT2D eigenvalue weighted by Gasteiger charge is -2.16. The van der Waals surface area contributed by atoms with Crippen LogP contribution in [0.3, 0.4) is 0 Å². The molecule has 106 valence electrons. The Balaban J connectivity index is 1.98. The fraction of sp³-hybridized carbons (Fsp3) is 0.200. The van der Waals surface area contributed by atoms with Gasteiger partial charge in [-0.05, 0) is 12.1 Å². The van der Waals surface area contributed by atoms with E-state index in [-0.39, 0.29) is 11.5 Å². The molecule has 6 heteroatoms. The quantitative estimate of drug-likeness (QED) is 0.711. The van der Waals surface area contributed by atoms with Gasteiger partial charge in [0.1, 0.15) is 11.5 Å². The van der Waals surface area contributed by atoms with Gasteiger partial charge in [-0.15, -0.1) is 0 Å². The molecule has 0 aliphatic carbocycles. The normalized spacial score (nSPS) is 14.3. The molecule has 0 amide bonds. The van der Waals surface area contributed by atoms with Gasteiger partial charge >= 0.3 is 5.69 Å². The molecule has 0 atom stereocenters. The highest BCUT2D eigenvalue weighted by Crippen LogP contribution is 2.22. The van der Waals surface area contributed by atoms with Gasteiger partial charge in [0.15, 0.2) is 0 Å². The first-order valence-electron chi connectivity index (χ1n) is 6.82. The number of hydrogen-bond donors (Lipinski definition) is 2. The van der Waals surface area contributed by atoms with E-state index in [9.17, 15) is 9.18 Å². The molecule has 0 radical (unpaired) electrons. The maximum absolute atomic E-state index is 13.3. The molecule has 0 saturated heterocycles. The number of H-pyrrole nitrogens is 1. The Hall–Kier alpha value is -2.47. The van der Waals surface area contributed by atoms with Gasteiger partial charge in [0, 0.05) is 42.5 Å². The topological polar surface area (TPSA) is 62.2 Å². The molecule has 0 saturated carbocycles. The minimum Gasteiger partial charge on any atom is -0.312 e. The summed E-state index contributed by atoms with van der Waals surface area (Å²) in [5, 5.41) is 3.28. The van der Waals surface area contributed by atoms with Crippen molar-refractivity contribution < 1.29 is 4.39 Å². The molecule has 0 bridgehead atoms. The molecule has 1 aromatic carbocycles. The molecule has 1 aliphatic heterocycles. The number of benzene rings is 1. The van der Waals surface area contributed by atoms with Gasteiger partial charge in [-0.1, -0.05) is 12.1 Å². The van der Waals surface area contributed by atoms with Crippen LogP contribution in [0.4, 0.5) is 4.39 Å². The monoisotopic (exact) mass is 284 g/mol. The van der Waals surface area contributed by atoms with Crippen LogP contribution in [0, 0.1) is 5.82 Å². The summed E-state index contributed by atoms with van der Waals surface area (Å²) >= 11 is 0. The Morgan fingerprint density at radius 1 is 1.33 bits per heavy atom. The number of nitrogens with zero attached hydrogens (tertiary/aromatic N) is 2. The van der Waals surface area contributed by atoms with E-state index in [1.165, 1.54) is 16.5 Å². The van der Waals surface area contributed by atoms with Gasteiger partial charge in [-0.25, -0.2) is 14.2 Å². The third-order valence-corrected chi connectivity index (χ3v) is 3.79. The van der Waals surface area contributed by atoms with E-state index in [0.717, 1.165) is 24.2 Å². The number of hydrogen-bond acceptors (Lipinski definition) is 3. The summed E-state index contributed by atoms with van der Waals surface area (Å²) in [5.74, 6) is -0.317. The lowest BCUT2D eigenvalue weighted by Crippen LogP contribution is -2.29. The second kappa shape index (κ2) is 4.53. The van der Waals surface area contributed by atoms with E-state index >= 15 is 0 Å². The van der Waals surface area contributed by atoms with Crippen molar-refractivity contribution in [2.24, 2.45) is 0 Å². The highest BCUT2D eigenvalue weighted by Gasteiger charge is 2.17. The summed E-state index contributed by atoms with van der Waals surface area (Å²) < 4.78 is 14.8. The number of aromatic amines is 1. The minimum atomic E-state index is -0.317. The number of halogens is 1. The first kappa shape index (κ1) is 12.3. The molecular weight excluding hydrogens is 271 g/mol. The Kier molecular flexibility index (Phi) is 2.65. The van der Waals surface area contributed by atoms with Crippen molar-refractivity contribution in [2.45, 2.75) is 13.0 Å². The van der Waals surface area contributed by atoms with Gasteiger partial charge in [0.05, 0.1) is 5.69 Å². The minimum absolute atomic E-state index is 0.208. The Morgan fingerprint density at radius 2 is 2.24 bits per heavy atom. The Morgan fingerprint density at radius 3 is 3.10 bits per heavy atom. The molecule has 0 fully saturated rings. The van der Waals surface area contributed by atoms with E-state index in [2.05, 4.69) is 15.3 Å². The van der Waals surface area contributed by atoms with Gasteiger partial charge < -0.3 is 10.3 Å². The fourth-order valence-electron chi connectivity index (χ4n) is 2.76. The maximum Gasteiger partial charge on any atom is 0.331 e. The number of imidazole rings is 1. The van der Waals surface area contributed by atoms with Crippen molar-refractivity contribution in [1.82, 2.24) is 19.7 Å². The number of nitrogens with one attached hydrogen (secondary N) is 2. The Bertz CT molecular complexity index is 896. The predicted molar refractivity (Wildman–Crippen MR) is 76.6 cm³/mol. The molecule has 4 rings (SSSR count). The molecule has 21 heavy (non-hydrogen) atoms. The van der Waals surface area contributed by atoms with Crippen LogP contribution >= 0.6 is 0 Å². The van der Waals surface area contributed by atoms with Gasteiger partial charge in [-0.3, -0.25) is 4.40 Å². The summed E-state index contributed by atoms with van der Waals surface area (Å²) in [6.45, 7) is 1.52. The third-order valence-electron chi connectivity index (χ3n) is 3.79. The van der Waals surface area contributed by atoms with E-state index < -0.39 is 0 Å². The smallest absolute Gasteiger partial charge is 0.312 e. The third kappa shape index (κ3) is 1.95. The van der Waals surface area contributed by atoms with Crippen LogP contribution in [0.1, 0.15) is 11.3 Å². The van der Waals surface area contributed by atoms with Crippen LogP contribution in [-0.4, -0.2) is 20.9 Å².